The van der Waals surface area contributed by atoms with E-state index in [1.54, 1.807) is 4.68 Å². The average molecular weight is 353 g/mol. The van der Waals surface area contributed by atoms with Crippen LogP contribution in [0.2, 0.25) is 0 Å². The molecule has 1 aliphatic heterocycles. The second-order valence-electron chi connectivity index (χ2n) is 4.24. The molecular weight excluding hydrogens is 340 g/mol. The number of halogens is 1. The third-order valence-electron chi connectivity index (χ3n) is 2.87. The Hall–Kier alpha value is -1.18. The van der Waals surface area contributed by atoms with E-state index < -0.39 is 0 Å². The second-order valence-corrected chi connectivity index (χ2v) is 6.18. The molecule has 0 unspecified atom stereocenters. The fourth-order valence-corrected chi connectivity index (χ4v) is 3.23. The molecule has 0 aliphatic carbocycles. The summed E-state index contributed by atoms with van der Waals surface area (Å²) in [6.45, 7) is 4.49. The summed E-state index contributed by atoms with van der Waals surface area (Å²) in [4.78, 5) is 0. The lowest BCUT2D eigenvalue weighted by atomic mass is 10.1. The first kappa shape index (κ1) is 13.8. The number of fused-ring (bicyclic) bond motifs is 1. The highest BCUT2D eigenvalue weighted by Crippen LogP contribution is 2.31. The number of hydrogen-bond donors (Lipinski definition) is 0. The van der Waals surface area contributed by atoms with E-state index in [9.17, 15) is 0 Å². The van der Waals surface area contributed by atoms with E-state index >= 15 is 0 Å². The van der Waals surface area contributed by atoms with Gasteiger partial charge in [0.15, 0.2) is 11.3 Å². The highest BCUT2D eigenvalue weighted by atomic mass is 79.9. The Bertz CT molecular complexity index is 653. The zero-order valence-corrected chi connectivity index (χ0v) is 13.5. The monoisotopic (exact) mass is 352 g/mol. The molecule has 1 atom stereocenters. The molecule has 0 bridgehead atoms. The maximum atomic E-state index is 5.79. The van der Waals surface area contributed by atoms with Crippen LogP contribution in [0.5, 0.6) is 0 Å². The summed E-state index contributed by atoms with van der Waals surface area (Å²) in [5.74, 6) is 0.775. The first-order chi connectivity index (χ1) is 9.69. The molecular formula is C13H13BrN4OS. The van der Waals surface area contributed by atoms with Crippen LogP contribution in [0.4, 0.5) is 0 Å². The molecule has 0 spiro atoms. The summed E-state index contributed by atoms with van der Waals surface area (Å²) in [5.41, 5.74) is 1.77. The van der Waals surface area contributed by atoms with Gasteiger partial charge < -0.3 is 4.74 Å². The molecule has 20 heavy (non-hydrogen) atoms. The molecule has 1 aliphatic rings. The van der Waals surface area contributed by atoms with Crippen LogP contribution in [0.25, 0.3) is 0 Å². The van der Waals surface area contributed by atoms with Crippen LogP contribution in [-0.4, -0.2) is 32.6 Å². The molecule has 0 radical (unpaired) electrons. The van der Waals surface area contributed by atoms with Crippen molar-refractivity contribution in [2.75, 3.05) is 6.61 Å². The van der Waals surface area contributed by atoms with E-state index in [-0.39, 0.29) is 5.44 Å². The second kappa shape index (κ2) is 5.67. The van der Waals surface area contributed by atoms with Gasteiger partial charge in [0.2, 0.25) is 5.16 Å². The number of thioether (sulfide) groups is 1. The zero-order valence-electron chi connectivity index (χ0n) is 11.1. The van der Waals surface area contributed by atoms with Crippen molar-refractivity contribution >= 4 is 33.4 Å². The van der Waals surface area contributed by atoms with Crippen LogP contribution < -0.4 is 0 Å². The molecule has 5 nitrogen and oxygen atoms in total. The van der Waals surface area contributed by atoms with Gasteiger partial charge in [-0.3, -0.25) is 0 Å². The first-order valence-corrected chi connectivity index (χ1v) is 7.91. The predicted octanol–water partition coefficient (Wildman–Crippen LogP) is 3.07. The van der Waals surface area contributed by atoms with E-state index in [1.807, 2.05) is 38.1 Å². The molecule has 104 valence electrons. The van der Waals surface area contributed by atoms with Crippen molar-refractivity contribution in [2.45, 2.75) is 24.4 Å². The highest BCUT2D eigenvalue weighted by Gasteiger charge is 2.28. The van der Waals surface area contributed by atoms with Gasteiger partial charge in [-0.05, 0) is 37.7 Å². The molecule has 7 heteroatoms. The van der Waals surface area contributed by atoms with E-state index in [4.69, 9.17) is 4.74 Å². The predicted molar refractivity (Wildman–Crippen MR) is 82.1 cm³/mol. The Kier molecular flexibility index (Phi) is 3.91. The molecule has 3 rings (SSSR count). The Labute approximate surface area is 129 Å². The van der Waals surface area contributed by atoms with E-state index in [1.165, 1.54) is 11.8 Å². The molecule has 2 heterocycles. The minimum absolute atomic E-state index is 0.155. The van der Waals surface area contributed by atoms with E-state index in [0.29, 0.717) is 6.61 Å². The van der Waals surface area contributed by atoms with Gasteiger partial charge in [-0.15, -0.1) is 10.2 Å². The van der Waals surface area contributed by atoms with Crippen molar-refractivity contribution in [1.82, 2.24) is 14.9 Å². The summed E-state index contributed by atoms with van der Waals surface area (Å²) >= 11 is 4.98. The van der Waals surface area contributed by atoms with Gasteiger partial charge in [-0.2, -0.15) is 9.78 Å². The number of benzene rings is 1. The number of aryl methyl sites for hydroxylation is 1. The standard InChI is InChI=1S/C13H13BrN4OS/c1-3-19-12-11(9-4-6-10(14)7-5-9)17-18-8(2)15-16-13(18)20-12/h4-7,12H,3H2,1-2H3/t12-/m0/s1. The van der Waals surface area contributed by atoms with E-state index in [0.717, 1.165) is 26.7 Å². The Morgan fingerprint density at radius 1 is 1.30 bits per heavy atom. The van der Waals surface area contributed by atoms with Crippen LogP contribution in [0, 0.1) is 6.92 Å². The minimum Gasteiger partial charge on any atom is -0.361 e. The van der Waals surface area contributed by atoms with Crippen molar-refractivity contribution in [3.8, 4) is 0 Å². The third kappa shape index (κ3) is 2.53. The highest BCUT2D eigenvalue weighted by molar-refractivity contribution is 9.10. The summed E-state index contributed by atoms with van der Waals surface area (Å²) in [6.07, 6.45) is 0. The first-order valence-electron chi connectivity index (χ1n) is 6.24. The van der Waals surface area contributed by atoms with Gasteiger partial charge in [-0.1, -0.05) is 28.1 Å². The quantitative estimate of drug-likeness (QED) is 0.851. The van der Waals surface area contributed by atoms with Gasteiger partial charge in [0.25, 0.3) is 0 Å². The zero-order chi connectivity index (χ0) is 14.1. The van der Waals surface area contributed by atoms with Gasteiger partial charge in [0.1, 0.15) is 5.71 Å². The van der Waals surface area contributed by atoms with Crippen LogP contribution in [0.1, 0.15) is 18.3 Å². The lowest BCUT2D eigenvalue weighted by Gasteiger charge is -2.22. The number of ether oxygens (including phenoxy) is 1. The van der Waals surface area contributed by atoms with Crippen molar-refractivity contribution in [1.29, 1.82) is 0 Å². The molecule has 0 saturated heterocycles. The van der Waals surface area contributed by atoms with Crippen molar-refractivity contribution in [2.24, 2.45) is 5.10 Å². The van der Waals surface area contributed by atoms with Crippen LogP contribution >= 0.6 is 27.7 Å². The molecule has 1 aromatic heterocycles. The smallest absolute Gasteiger partial charge is 0.214 e. The maximum Gasteiger partial charge on any atom is 0.214 e. The molecule has 0 N–H and O–H groups in total. The van der Waals surface area contributed by atoms with E-state index in [2.05, 4.69) is 31.2 Å². The number of aromatic nitrogens is 3. The average Bonchev–Trinajstić information content (AvgIpc) is 2.80. The number of nitrogens with zero attached hydrogens (tertiary/aromatic N) is 4. The number of rotatable bonds is 3. The minimum atomic E-state index is -0.155. The van der Waals surface area contributed by atoms with Crippen molar-refractivity contribution in [3.05, 3.63) is 40.1 Å². The topological polar surface area (TPSA) is 52.3 Å². The molecule has 0 fully saturated rings. The van der Waals surface area contributed by atoms with Gasteiger partial charge in [0, 0.05) is 16.6 Å². The third-order valence-corrected chi connectivity index (χ3v) is 4.44. The fourth-order valence-electron chi connectivity index (χ4n) is 1.91. The lowest BCUT2D eigenvalue weighted by molar-refractivity contribution is 0.163. The number of hydrogen-bond acceptors (Lipinski definition) is 5. The molecule has 1 aromatic carbocycles. The largest absolute Gasteiger partial charge is 0.361 e. The summed E-state index contributed by atoms with van der Waals surface area (Å²) in [5, 5.41) is 13.6. The SMILES string of the molecule is CCO[C@H]1Sc2nnc(C)n2N=C1c1ccc(Br)cc1. The summed E-state index contributed by atoms with van der Waals surface area (Å²) < 4.78 is 8.59. The summed E-state index contributed by atoms with van der Waals surface area (Å²) in [6, 6.07) is 8.06. The van der Waals surface area contributed by atoms with Gasteiger partial charge in [-0.25, -0.2) is 0 Å². The lowest BCUT2D eigenvalue weighted by Crippen LogP contribution is -2.27. The Balaban J connectivity index is 2.06. The fraction of sp³-hybridized carbons (Fsp3) is 0.308. The van der Waals surface area contributed by atoms with Crippen molar-refractivity contribution < 1.29 is 4.74 Å². The van der Waals surface area contributed by atoms with Crippen LogP contribution in [0.3, 0.4) is 0 Å². The Morgan fingerprint density at radius 2 is 2.05 bits per heavy atom. The van der Waals surface area contributed by atoms with Crippen LogP contribution in [0.15, 0.2) is 39.0 Å². The normalized spacial score (nSPS) is 17.8. The van der Waals surface area contributed by atoms with Gasteiger partial charge >= 0.3 is 0 Å². The van der Waals surface area contributed by atoms with Crippen molar-refractivity contribution in [3.63, 3.8) is 0 Å². The Morgan fingerprint density at radius 3 is 2.75 bits per heavy atom. The molecule has 0 saturated carbocycles. The maximum absolute atomic E-state index is 5.79. The van der Waals surface area contributed by atoms with Gasteiger partial charge in [0.05, 0.1) is 0 Å². The molecule has 2 aromatic rings. The van der Waals surface area contributed by atoms with Crippen LogP contribution in [-0.2, 0) is 4.74 Å². The molecule has 0 amide bonds. The summed E-state index contributed by atoms with van der Waals surface area (Å²) in [7, 11) is 0.